The van der Waals surface area contributed by atoms with Crippen LogP contribution < -0.4 is 0 Å². The van der Waals surface area contributed by atoms with E-state index in [0.29, 0.717) is 44.3 Å². The van der Waals surface area contributed by atoms with E-state index in [1.54, 1.807) is 11.3 Å². The van der Waals surface area contributed by atoms with Crippen LogP contribution in [0.1, 0.15) is 29.7 Å². The van der Waals surface area contributed by atoms with Gasteiger partial charge in [0.1, 0.15) is 0 Å². The van der Waals surface area contributed by atoms with Crippen molar-refractivity contribution in [3.05, 3.63) is 21.9 Å². The highest BCUT2D eigenvalue weighted by atomic mass is 32.1. The highest BCUT2D eigenvalue weighted by molar-refractivity contribution is 7.10. The Labute approximate surface area is 161 Å². The average Bonchev–Trinajstić information content (AvgIpc) is 3.44. The van der Waals surface area contributed by atoms with E-state index in [0.717, 1.165) is 19.3 Å². The lowest BCUT2D eigenvalue weighted by molar-refractivity contribution is -0.132. The Morgan fingerprint density at radius 2 is 2.00 bits per heavy atom. The zero-order valence-electron chi connectivity index (χ0n) is 15.4. The van der Waals surface area contributed by atoms with Crippen molar-refractivity contribution in [1.82, 2.24) is 9.80 Å². The molecule has 2 fully saturated rings. The Balaban J connectivity index is 1.32. The maximum absolute atomic E-state index is 14.0. The van der Waals surface area contributed by atoms with Crippen LogP contribution in [0.5, 0.6) is 0 Å². The number of halogens is 1. The molecule has 3 aliphatic rings. The lowest BCUT2D eigenvalue weighted by atomic mass is 10.1. The molecule has 1 aliphatic carbocycles. The summed E-state index contributed by atoms with van der Waals surface area (Å²) in [7, 11) is 0. The number of amides is 2. The lowest BCUT2D eigenvalue weighted by Crippen LogP contribution is -2.51. The fourth-order valence-electron chi connectivity index (χ4n) is 3.49. The van der Waals surface area contributed by atoms with Crippen molar-refractivity contribution >= 4 is 34.8 Å². The summed E-state index contributed by atoms with van der Waals surface area (Å²) in [6.07, 6.45) is 1.40. The lowest BCUT2D eigenvalue weighted by Gasteiger charge is -2.36. The third-order valence-corrected chi connectivity index (χ3v) is 6.44. The largest absolute Gasteiger partial charge is 0.339 e. The number of alkyl halides is 1. The van der Waals surface area contributed by atoms with E-state index in [1.165, 1.54) is 10.4 Å². The van der Waals surface area contributed by atoms with Gasteiger partial charge in [0.2, 0.25) is 18.0 Å². The monoisotopic (exact) mass is 390 g/mol. The molecular formula is C19H23FN4O2S. The molecule has 0 N–H and O–H groups in total. The second-order valence-corrected chi connectivity index (χ2v) is 8.32. The van der Waals surface area contributed by atoms with Gasteiger partial charge in [-0.25, -0.2) is 9.38 Å². The molecule has 1 unspecified atom stereocenters. The number of carbonyl (C=O) groups excluding carboxylic acids is 2. The van der Waals surface area contributed by atoms with Gasteiger partial charge in [0.25, 0.3) is 5.91 Å². The Hall–Kier alpha value is -2.09. The van der Waals surface area contributed by atoms with Crippen LogP contribution in [0.2, 0.25) is 0 Å². The number of piperazine rings is 1. The van der Waals surface area contributed by atoms with E-state index in [4.69, 9.17) is 0 Å². The average molecular weight is 390 g/mol. The van der Waals surface area contributed by atoms with Crippen LogP contribution in [0, 0.1) is 12.8 Å². The van der Waals surface area contributed by atoms with Gasteiger partial charge >= 0.3 is 0 Å². The summed E-state index contributed by atoms with van der Waals surface area (Å²) in [4.78, 5) is 37.5. The number of aryl methyl sites for hydroxylation is 2. The summed E-state index contributed by atoms with van der Waals surface area (Å²) < 4.78 is 14.0. The van der Waals surface area contributed by atoms with Gasteiger partial charge in [-0.2, -0.15) is 4.99 Å². The van der Waals surface area contributed by atoms with Crippen molar-refractivity contribution in [3.8, 4) is 0 Å². The maximum atomic E-state index is 14.0. The summed E-state index contributed by atoms with van der Waals surface area (Å²) in [5.41, 5.74) is 1.59. The first-order valence-electron chi connectivity index (χ1n) is 9.43. The molecule has 0 bridgehead atoms. The summed E-state index contributed by atoms with van der Waals surface area (Å²) in [5, 5.41) is 2.05. The Morgan fingerprint density at radius 3 is 2.63 bits per heavy atom. The number of rotatable bonds is 4. The number of aliphatic imine (C=N–C) groups is 2. The number of nitrogens with zero attached hydrogens (tertiary/aromatic N) is 4. The SMILES string of the molecule is Cc1ccsc1CCC(=O)N1CCN(C2=NC(=O)C(F)C(C3CC3)=N2)CC1. The number of carbonyl (C=O) groups is 2. The second kappa shape index (κ2) is 7.50. The first-order valence-corrected chi connectivity index (χ1v) is 10.3. The minimum atomic E-state index is -1.68. The van der Waals surface area contributed by atoms with Gasteiger partial charge in [0.05, 0.1) is 5.71 Å². The van der Waals surface area contributed by atoms with Gasteiger partial charge in [-0.1, -0.05) is 0 Å². The fourth-order valence-corrected chi connectivity index (χ4v) is 4.40. The standard InChI is InChI=1S/C19H23FN4O2S/c1-12-6-11-27-14(12)4-5-15(25)23-7-9-24(10-8-23)19-21-17(13-2-3-13)16(20)18(26)22-19/h6,11,13,16H,2-5,7-10H2,1H3. The molecule has 2 aliphatic heterocycles. The molecule has 6 nitrogen and oxygen atoms in total. The van der Waals surface area contributed by atoms with Crippen LogP contribution in [-0.4, -0.2) is 65.6 Å². The molecule has 0 radical (unpaired) electrons. The number of hydrogen-bond acceptors (Lipinski definition) is 5. The predicted octanol–water partition coefficient (Wildman–Crippen LogP) is 2.22. The normalized spacial score (nSPS) is 23.3. The molecule has 0 spiro atoms. The molecule has 1 saturated carbocycles. The highest BCUT2D eigenvalue weighted by Gasteiger charge is 2.40. The smallest absolute Gasteiger partial charge is 0.289 e. The van der Waals surface area contributed by atoms with Gasteiger partial charge in [-0.15, -0.1) is 11.3 Å². The van der Waals surface area contributed by atoms with E-state index in [2.05, 4.69) is 28.4 Å². The van der Waals surface area contributed by atoms with Crippen LogP contribution >= 0.6 is 11.3 Å². The van der Waals surface area contributed by atoms with Crippen LogP contribution in [0.4, 0.5) is 4.39 Å². The highest BCUT2D eigenvalue weighted by Crippen LogP contribution is 2.34. The summed E-state index contributed by atoms with van der Waals surface area (Å²) in [5.74, 6) is -0.183. The number of hydrogen-bond donors (Lipinski definition) is 0. The molecule has 0 aromatic carbocycles. The minimum Gasteiger partial charge on any atom is -0.339 e. The quantitative estimate of drug-likeness (QED) is 0.792. The number of guanidine groups is 1. The maximum Gasteiger partial charge on any atom is 0.289 e. The first kappa shape index (κ1) is 18.3. The second-order valence-electron chi connectivity index (χ2n) is 7.32. The van der Waals surface area contributed by atoms with E-state index >= 15 is 0 Å². The van der Waals surface area contributed by atoms with E-state index in [9.17, 15) is 14.0 Å². The van der Waals surface area contributed by atoms with E-state index < -0.39 is 12.1 Å². The van der Waals surface area contributed by atoms with Gasteiger partial charge in [-0.05, 0) is 43.2 Å². The first-order chi connectivity index (χ1) is 13.0. The Morgan fingerprint density at radius 1 is 1.26 bits per heavy atom. The van der Waals surface area contributed by atoms with Gasteiger partial charge in [-0.3, -0.25) is 9.59 Å². The molecule has 1 aromatic rings. The molecular weight excluding hydrogens is 367 g/mol. The molecule has 1 atom stereocenters. The van der Waals surface area contributed by atoms with Crippen molar-refractivity contribution in [2.45, 2.75) is 38.8 Å². The van der Waals surface area contributed by atoms with Crippen molar-refractivity contribution in [2.75, 3.05) is 26.2 Å². The van der Waals surface area contributed by atoms with Crippen LogP contribution in [0.25, 0.3) is 0 Å². The molecule has 8 heteroatoms. The third kappa shape index (κ3) is 3.95. The van der Waals surface area contributed by atoms with Crippen molar-refractivity contribution in [3.63, 3.8) is 0 Å². The zero-order chi connectivity index (χ0) is 19.0. The molecule has 3 heterocycles. The van der Waals surface area contributed by atoms with Crippen molar-refractivity contribution < 1.29 is 14.0 Å². The van der Waals surface area contributed by atoms with Crippen LogP contribution in [-0.2, 0) is 16.0 Å². The van der Waals surface area contributed by atoms with Gasteiger partial charge < -0.3 is 9.80 Å². The Kier molecular flexibility index (Phi) is 5.08. The fraction of sp³-hybridized carbons (Fsp3) is 0.579. The van der Waals surface area contributed by atoms with Crippen LogP contribution in [0.3, 0.4) is 0 Å². The van der Waals surface area contributed by atoms with Gasteiger partial charge in [0.15, 0.2) is 0 Å². The third-order valence-electron chi connectivity index (χ3n) is 5.36. The topological polar surface area (TPSA) is 65.3 Å². The molecule has 1 saturated heterocycles. The number of thiophene rings is 1. The summed E-state index contributed by atoms with van der Waals surface area (Å²) in [6.45, 7) is 4.34. The molecule has 27 heavy (non-hydrogen) atoms. The van der Waals surface area contributed by atoms with Crippen LogP contribution in [0.15, 0.2) is 21.4 Å². The zero-order valence-corrected chi connectivity index (χ0v) is 16.2. The van der Waals surface area contributed by atoms with E-state index in [1.807, 2.05) is 9.80 Å². The van der Waals surface area contributed by atoms with E-state index in [-0.39, 0.29) is 11.8 Å². The Bertz CT molecular complexity index is 806. The minimum absolute atomic E-state index is 0.0954. The van der Waals surface area contributed by atoms with Crippen molar-refractivity contribution in [2.24, 2.45) is 15.9 Å². The van der Waals surface area contributed by atoms with Crippen molar-refractivity contribution in [1.29, 1.82) is 0 Å². The van der Waals surface area contributed by atoms with Gasteiger partial charge in [0, 0.05) is 43.4 Å². The molecule has 2 amide bonds. The molecule has 144 valence electrons. The summed E-state index contributed by atoms with van der Waals surface area (Å²) >= 11 is 1.69. The summed E-state index contributed by atoms with van der Waals surface area (Å²) in [6, 6.07) is 2.08. The molecule has 1 aromatic heterocycles. The predicted molar refractivity (Wildman–Crippen MR) is 103 cm³/mol. The molecule has 4 rings (SSSR count).